The molecule has 2 heterocycles. The summed E-state index contributed by atoms with van der Waals surface area (Å²) in [7, 11) is 3.58. The third-order valence-corrected chi connectivity index (χ3v) is 4.54. The van der Waals surface area contributed by atoms with Gasteiger partial charge in [-0.1, -0.05) is 13.8 Å². The molecular weight excluding hydrogens is 266 g/mol. The maximum Gasteiger partial charge on any atom is 0.354 e. The first-order valence-corrected chi connectivity index (χ1v) is 7.73. The molecule has 2 unspecified atom stereocenters. The lowest BCUT2D eigenvalue weighted by atomic mass is 9.92. The number of hydrogen-bond donors (Lipinski definition) is 1. The topological polar surface area (TPSA) is 48.6 Å². The maximum atomic E-state index is 11.5. The largest absolute Gasteiger partial charge is 0.464 e. The van der Waals surface area contributed by atoms with E-state index in [1.54, 1.807) is 0 Å². The van der Waals surface area contributed by atoms with Crippen LogP contribution in [0.25, 0.3) is 0 Å². The van der Waals surface area contributed by atoms with Crippen molar-refractivity contribution in [1.29, 1.82) is 0 Å². The average Bonchev–Trinajstić information content (AvgIpc) is 2.94. The molecule has 0 aliphatic carbocycles. The molecule has 1 aliphatic heterocycles. The second kappa shape index (κ2) is 7.09. The van der Waals surface area contributed by atoms with Crippen molar-refractivity contribution in [2.75, 3.05) is 33.8 Å². The van der Waals surface area contributed by atoms with Crippen LogP contribution in [0.15, 0.2) is 12.3 Å². The number of rotatable bonds is 5. The summed E-state index contributed by atoms with van der Waals surface area (Å²) in [5.74, 6) is 0.358. The molecule has 118 valence electrons. The summed E-state index contributed by atoms with van der Waals surface area (Å²) >= 11 is 0. The van der Waals surface area contributed by atoms with Crippen molar-refractivity contribution >= 4 is 5.97 Å². The van der Waals surface area contributed by atoms with Crippen LogP contribution in [-0.4, -0.2) is 60.6 Å². The van der Waals surface area contributed by atoms with Gasteiger partial charge in [0.25, 0.3) is 0 Å². The smallest absolute Gasteiger partial charge is 0.354 e. The SMILES string of the molecule is CCN1CCC(N(C)Cc2c[nH]c(C(=O)OC)c2)C(C)C1. The highest BCUT2D eigenvalue weighted by atomic mass is 16.5. The van der Waals surface area contributed by atoms with E-state index in [9.17, 15) is 4.79 Å². The number of hydrogen-bond acceptors (Lipinski definition) is 4. The van der Waals surface area contributed by atoms with Crippen LogP contribution in [0.1, 0.15) is 36.3 Å². The number of likely N-dealkylation sites (tertiary alicyclic amines) is 1. The zero-order valence-electron chi connectivity index (χ0n) is 13.6. The number of ether oxygens (including phenoxy) is 1. The molecule has 1 saturated heterocycles. The van der Waals surface area contributed by atoms with Crippen molar-refractivity contribution < 1.29 is 9.53 Å². The Morgan fingerprint density at radius 1 is 1.57 bits per heavy atom. The van der Waals surface area contributed by atoms with Gasteiger partial charge in [0.05, 0.1) is 7.11 Å². The number of carbonyl (C=O) groups excluding carboxylic acids is 1. The van der Waals surface area contributed by atoms with Crippen LogP contribution in [0.2, 0.25) is 0 Å². The molecule has 5 heteroatoms. The normalized spacial score (nSPS) is 23.5. The molecule has 1 aromatic rings. The Bertz CT molecular complexity index is 472. The highest BCUT2D eigenvalue weighted by Crippen LogP contribution is 2.22. The van der Waals surface area contributed by atoms with E-state index in [2.05, 4.69) is 35.7 Å². The minimum absolute atomic E-state index is 0.312. The lowest BCUT2D eigenvalue weighted by Crippen LogP contribution is -2.48. The quantitative estimate of drug-likeness (QED) is 0.843. The van der Waals surface area contributed by atoms with Gasteiger partial charge in [0.1, 0.15) is 5.69 Å². The van der Waals surface area contributed by atoms with Gasteiger partial charge < -0.3 is 14.6 Å². The van der Waals surface area contributed by atoms with E-state index in [1.165, 1.54) is 26.6 Å². The number of nitrogens with zero attached hydrogens (tertiary/aromatic N) is 2. The molecule has 0 bridgehead atoms. The summed E-state index contributed by atoms with van der Waals surface area (Å²) in [4.78, 5) is 19.4. The van der Waals surface area contributed by atoms with Crippen molar-refractivity contribution in [2.24, 2.45) is 5.92 Å². The first-order chi connectivity index (χ1) is 10.0. The Balaban J connectivity index is 1.93. The van der Waals surface area contributed by atoms with Crippen molar-refractivity contribution in [2.45, 2.75) is 32.9 Å². The lowest BCUT2D eigenvalue weighted by Gasteiger charge is -2.41. The first kappa shape index (κ1) is 16.0. The number of nitrogens with one attached hydrogen (secondary N) is 1. The molecule has 2 rings (SSSR count). The van der Waals surface area contributed by atoms with E-state index in [0.717, 1.165) is 18.7 Å². The zero-order chi connectivity index (χ0) is 15.4. The van der Waals surface area contributed by atoms with Gasteiger partial charge >= 0.3 is 5.97 Å². The van der Waals surface area contributed by atoms with E-state index in [4.69, 9.17) is 4.74 Å². The van der Waals surface area contributed by atoms with Crippen LogP contribution < -0.4 is 0 Å². The second-order valence-electron chi connectivity index (χ2n) is 6.05. The number of aromatic amines is 1. The monoisotopic (exact) mass is 293 g/mol. The molecule has 1 aromatic heterocycles. The summed E-state index contributed by atoms with van der Waals surface area (Å²) in [6.07, 6.45) is 3.11. The molecule has 1 aliphatic rings. The number of esters is 1. The second-order valence-corrected chi connectivity index (χ2v) is 6.05. The molecular formula is C16H27N3O2. The Morgan fingerprint density at radius 2 is 2.33 bits per heavy atom. The molecule has 1 fully saturated rings. The highest BCUT2D eigenvalue weighted by molar-refractivity contribution is 5.87. The molecule has 5 nitrogen and oxygen atoms in total. The van der Waals surface area contributed by atoms with Crippen molar-refractivity contribution in [1.82, 2.24) is 14.8 Å². The van der Waals surface area contributed by atoms with Crippen molar-refractivity contribution in [3.8, 4) is 0 Å². The summed E-state index contributed by atoms with van der Waals surface area (Å²) in [5, 5.41) is 0. The number of aromatic nitrogens is 1. The van der Waals surface area contributed by atoms with Gasteiger partial charge in [-0.2, -0.15) is 0 Å². The fraction of sp³-hybridized carbons (Fsp3) is 0.688. The predicted octanol–water partition coefficient (Wildman–Crippen LogP) is 1.96. The predicted molar refractivity (Wildman–Crippen MR) is 83.3 cm³/mol. The van der Waals surface area contributed by atoms with Crippen LogP contribution in [0, 0.1) is 5.92 Å². The van der Waals surface area contributed by atoms with Gasteiger partial charge in [-0.15, -0.1) is 0 Å². The molecule has 0 radical (unpaired) electrons. The molecule has 0 saturated carbocycles. The van der Waals surface area contributed by atoms with Crippen LogP contribution in [0.5, 0.6) is 0 Å². The van der Waals surface area contributed by atoms with E-state index >= 15 is 0 Å². The lowest BCUT2D eigenvalue weighted by molar-refractivity contribution is 0.0594. The van der Waals surface area contributed by atoms with E-state index in [1.807, 2.05) is 12.3 Å². The maximum absolute atomic E-state index is 11.5. The van der Waals surface area contributed by atoms with E-state index < -0.39 is 0 Å². The van der Waals surface area contributed by atoms with E-state index in [-0.39, 0.29) is 5.97 Å². The van der Waals surface area contributed by atoms with Crippen LogP contribution in [0.4, 0.5) is 0 Å². The van der Waals surface area contributed by atoms with E-state index in [0.29, 0.717) is 17.7 Å². The van der Waals surface area contributed by atoms with Gasteiger partial charge in [0, 0.05) is 25.3 Å². The zero-order valence-corrected chi connectivity index (χ0v) is 13.6. The molecule has 0 spiro atoms. The van der Waals surface area contributed by atoms with Gasteiger partial charge in [-0.3, -0.25) is 4.90 Å². The molecule has 0 amide bonds. The summed E-state index contributed by atoms with van der Waals surface area (Å²) < 4.78 is 4.72. The fourth-order valence-electron chi connectivity index (χ4n) is 3.33. The van der Waals surface area contributed by atoms with Gasteiger partial charge in [0.15, 0.2) is 0 Å². The number of H-pyrrole nitrogens is 1. The molecule has 2 atom stereocenters. The first-order valence-electron chi connectivity index (χ1n) is 7.73. The standard InChI is InChI=1S/C16H27N3O2/c1-5-19-7-6-15(12(2)10-19)18(3)11-13-8-14(17-9-13)16(20)21-4/h8-9,12,15,17H,5-7,10-11H2,1-4H3. The van der Waals surface area contributed by atoms with Crippen molar-refractivity contribution in [3.63, 3.8) is 0 Å². The molecule has 1 N–H and O–H groups in total. The molecule has 0 aromatic carbocycles. The Hall–Kier alpha value is -1.33. The highest BCUT2D eigenvalue weighted by Gasteiger charge is 2.28. The van der Waals surface area contributed by atoms with Gasteiger partial charge in [0.2, 0.25) is 0 Å². The Morgan fingerprint density at radius 3 is 2.95 bits per heavy atom. The van der Waals surface area contributed by atoms with Crippen molar-refractivity contribution in [3.05, 3.63) is 23.5 Å². The average molecular weight is 293 g/mol. The summed E-state index contributed by atoms with van der Waals surface area (Å²) in [6, 6.07) is 2.48. The third kappa shape index (κ3) is 3.86. The minimum Gasteiger partial charge on any atom is -0.464 e. The minimum atomic E-state index is -0.312. The Kier molecular flexibility index (Phi) is 5.42. The third-order valence-electron chi connectivity index (χ3n) is 4.54. The van der Waals surface area contributed by atoms with Gasteiger partial charge in [-0.05, 0) is 44.1 Å². The van der Waals surface area contributed by atoms with Crippen LogP contribution >= 0.6 is 0 Å². The van der Waals surface area contributed by atoms with Gasteiger partial charge in [-0.25, -0.2) is 4.79 Å². The summed E-state index contributed by atoms with van der Waals surface area (Å²) in [5.41, 5.74) is 1.65. The Labute approximate surface area is 127 Å². The van der Waals surface area contributed by atoms with Crippen LogP contribution in [0.3, 0.4) is 0 Å². The summed E-state index contributed by atoms with van der Waals surface area (Å²) in [6.45, 7) is 8.91. The van der Waals surface area contributed by atoms with Crippen LogP contribution in [-0.2, 0) is 11.3 Å². The number of methoxy groups -OCH3 is 1. The number of piperidine rings is 1. The molecule has 21 heavy (non-hydrogen) atoms. The fourth-order valence-corrected chi connectivity index (χ4v) is 3.33. The number of carbonyl (C=O) groups is 1.